The Hall–Kier alpha value is -2.75. The van der Waals surface area contributed by atoms with E-state index in [0.717, 1.165) is 36.2 Å². The maximum atomic E-state index is 11.9. The number of aliphatic hydroxyl groups excluding tert-OH is 2. The van der Waals surface area contributed by atoms with Crippen molar-refractivity contribution in [3.05, 3.63) is 40.6 Å². The molecule has 2 fully saturated rings. The molecule has 3 heterocycles. The van der Waals surface area contributed by atoms with Gasteiger partial charge in [0.05, 0.1) is 23.4 Å². The van der Waals surface area contributed by atoms with Gasteiger partial charge < -0.3 is 30.9 Å². The van der Waals surface area contributed by atoms with Crippen LogP contribution in [-0.2, 0) is 4.79 Å². The number of carbonyl (C=O) groups excluding carboxylic acids is 1. The van der Waals surface area contributed by atoms with Gasteiger partial charge in [0, 0.05) is 13.1 Å². The van der Waals surface area contributed by atoms with E-state index in [2.05, 4.69) is 28.5 Å². The lowest BCUT2D eigenvalue weighted by molar-refractivity contribution is -0.148. The fourth-order valence-corrected chi connectivity index (χ4v) is 4.89. The third-order valence-electron chi connectivity index (χ3n) is 6.99. The number of aryl methyl sites for hydroxylation is 2. The first-order chi connectivity index (χ1) is 15.7. The highest BCUT2D eigenvalue weighted by molar-refractivity contribution is 6.10. The molecule has 9 heteroatoms. The smallest absolute Gasteiger partial charge is 0.321 e. The van der Waals surface area contributed by atoms with Crippen LogP contribution in [-0.4, -0.2) is 69.9 Å². The molecular formula is C24H32N4O5. The molecule has 9 nitrogen and oxygen atoms in total. The van der Waals surface area contributed by atoms with Crippen LogP contribution >= 0.6 is 0 Å². The van der Waals surface area contributed by atoms with E-state index in [1.807, 2.05) is 19.1 Å². The van der Waals surface area contributed by atoms with Gasteiger partial charge in [0.1, 0.15) is 5.71 Å². The molecule has 33 heavy (non-hydrogen) atoms. The molecule has 4 unspecified atom stereocenters. The average molecular weight is 457 g/mol. The van der Waals surface area contributed by atoms with Gasteiger partial charge in [-0.25, -0.2) is 9.79 Å². The number of aliphatic imine (C=N–C) groups is 1. The third-order valence-corrected chi connectivity index (χ3v) is 6.99. The van der Waals surface area contributed by atoms with Gasteiger partial charge in [-0.1, -0.05) is 12.1 Å². The topological polar surface area (TPSA) is 134 Å². The number of piperidine rings is 1. The van der Waals surface area contributed by atoms with Gasteiger partial charge in [-0.05, 0) is 74.8 Å². The average Bonchev–Trinajstić information content (AvgIpc) is 2.75. The second-order valence-corrected chi connectivity index (χ2v) is 9.29. The lowest BCUT2D eigenvalue weighted by Crippen LogP contribution is -2.54. The zero-order valence-electron chi connectivity index (χ0n) is 19.0. The van der Waals surface area contributed by atoms with Crippen molar-refractivity contribution in [3.63, 3.8) is 0 Å². The monoisotopic (exact) mass is 456 g/mol. The van der Waals surface area contributed by atoms with Crippen molar-refractivity contribution in [2.75, 3.05) is 19.6 Å². The van der Waals surface area contributed by atoms with Crippen LogP contribution in [0.3, 0.4) is 0 Å². The van der Waals surface area contributed by atoms with Crippen molar-refractivity contribution < 1.29 is 24.9 Å². The quantitative estimate of drug-likeness (QED) is 0.460. The van der Waals surface area contributed by atoms with Crippen molar-refractivity contribution >= 4 is 23.4 Å². The molecule has 3 aliphatic heterocycles. The number of urea groups is 1. The van der Waals surface area contributed by atoms with Crippen molar-refractivity contribution in [2.45, 2.75) is 57.8 Å². The molecule has 3 aliphatic rings. The number of benzene rings is 1. The number of carboxylic acid groups (broad SMARTS) is 1. The summed E-state index contributed by atoms with van der Waals surface area (Å²) in [6.45, 7) is 5.92. The number of aliphatic carboxylic acids is 1. The Bertz CT molecular complexity index is 1000. The van der Waals surface area contributed by atoms with E-state index in [1.165, 1.54) is 5.56 Å². The first kappa shape index (κ1) is 23.4. The fraction of sp³-hybridized carbons (Fsp3) is 0.542. The lowest BCUT2D eigenvalue weighted by Gasteiger charge is -2.34. The molecule has 178 valence electrons. The molecule has 0 bridgehead atoms. The number of likely N-dealkylation sites (tertiary alicyclic amines) is 1. The normalized spacial score (nSPS) is 29.3. The van der Waals surface area contributed by atoms with Gasteiger partial charge in [0.25, 0.3) is 0 Å². The van der Waals surface area contributed by atoms with E-state index >= 15 is 0 Å². The highest BCUT2D eigenvalue weighted by Crippen LogP contribution is 2.37. The fourth-order valence-electron chi connectivity index (χ4n) is 4.89. The summed E-state index contributed by atoms with van der Waals surface area (Å²) in [4.78, 5) is 30.1. The summed E-state index contributed by atoms with van der Waals surface area (Å²) in [6, 6.07) is 3.74. The number of aliphatic hydroxyl groups is 2. The van der Waals surface area contributed by atoms with Gasteiger partial charge in [0.2, 0.25) is 0 Å². The van der Waals surface area contributed by atoms with E-state index in [-0.39, 0.29) is 5.92 Å². The number of amides is 2. The van der Waals surface area contributed by atoms with E-state index in [9.17, 15) is 24.9 Å². The van der Waals surface area contributed by atoms with Crippen LogP contribution in [0.1, 0.15) is 48.3 Å². The Morgan fingerprint density at radius 1 is 1.24 bits per heavy atom. The molecule has 2 amide bonds. The van der Waals surface area contributed by atoms with Crippen molar-refractivity contribution in [1.82, 2.24) is 15.5 Å². The molecule has 0 aromatic heterocycles. The van der Waals surface area contributed by atoms with Gasteiger partial charge in [-0.15, -0.1) is 0 Å². The van der Waals surface area contributed by atoms with E-state index < -0.39 is 30.3 Å². The predicted octanol–water partition coefficient (Wildman–Crippen LogP) is 1.93. The minimum Gasteiger partial charge on any atom is -0.481 e. The molecule has 5 N–H and O–H groups in total. The molecule has 2 saturated heterocycles. The van der Waals surface area contributed by atoms with Crippen LogP contribution in [0.15, 0.2) is 28.9 Å². The van der Waals surface area contributed by atoms with Gasteiger partial charge in [0.15, 0.2) is 6.23 Å². The first-order valence-corrected chi connectivity index (χ1v) is 11.5. The first-order valence-electron chi connectivity index (χ1n) is 11.5. The molecular weight excluding hydrogens is 424 g/mol. The SMILES string of the molecule is Cc1cc2c(cc1C)C(CCCN1CCC(O)C(C(=O)O)C1)C/C=C1\NC(=O)NC(O)C1=N2. The van der Waals surface area contributed by atoms with Crippen LogP contribution in [0, 0.1) is 19.8 Å². The summed E-state index contributed by atoms with van der Waals surface area (Å²) in [5.74, 6) is -1.51. The van der Waals surface area contributed by atoms with Crippen molar-refractivity contribution in [1.29, 1.82) is 0 Å². The van der Waals surface area contributed by atoms with Crippen molar-refractivity contribution in [2.24, 2.45) is 10.9 Å². The summed E-state index contributed by atoms with van der Waals surface area (Å²) >= 11 is 0. The number of rotatable bonds is 5. The maximum Gasteiger partial charge on any atom is 0.321 e. The van der Waals surface area contributed by atoms with E-state index in [0.29, 0.717) is 37.3 Å². The molecule has 1 aromatic rings. The zero-order chi connectivity index (χ0) is 23.7. The van der Waals surface area contributed by atoms with Crippen LogP contribution in [0.2, 0.25) is 0 Å². The highest BCUT2D eigenvalue weighted by atomic mass is 16.4. The summed E-state index contributed by atoms with van der Waals surface area (Å²) in [5, 5.41) is 34.9. The largest absolute Gasteiger partial charge is 0.481 e. The summed E-state index contributed by atoms with van der Waals surface area (Å²) < 4.78 is 0. The number of hydrogen-bond donors (Lipinski definition) is 5. The van der Waals surface area contributed by atoms with Crippen molar-refractivity contribution in [3.8, 4) is 0 Å². The Kier molecular flexibility index (Phi) is 6.83. The summed E-state index contributed by atoms with van der Waals surface area (Å²) in [7, 11) is 0. The molecule has 4 atom stereocenters. The second-order valence-electron chi connectivity index (χ2n) is 9.29. The molecule has 0 spiro atoms. The molecule has 1 aromatic carbocycles. The maximum absolute atomic E-state index is 11.9. The van der Waals surface area contributed by atoms with Crippen LogP contribution in [0.5, 0.6) is 0 Å². The molecule has 4 rings (SSSR count). The Balaban J connectivity index is 1.53. The number of nitrogens with zero attached hydrogens (tertiary/aromatic N) is 2. The number of allylic oxidation sites excluding steroid dienone is 1. The standard InChI is InChI=1S/C24H32N4O5/c1-13-10-16-15(4-3-8-28-9-7-20(29)17(12-28)23(31)32)5-6-18-21(22(30)27-24(33)26-18)25-19(16)11-14(13)2/h6,10-11,15,17,20,22,29-30H,3-5,7-9,12H2,1-2H3,(H,31,32)(H2,26,27,33)/b18-6-,25-21?. The second kappa shape index (κ2) is 9.62. The van der Waals surface area contributed by atoms with Gasteiger partial charge in [-0.2, -0.15) is 0 Å². The van der Waals surface area contributed by atoms with Gasteiger partial charge >= 0.3 is 12.0 Å². The Labute approximate surface area is 193 Å². The summed E-state index contributed by atoms with van der Waals surface area (Å²) in [6.07, 6.45) is 2.89. The number of carboxylic acids is 1. The highest BCUT2D eigenvalue weighted by Gasteiger charge is 2.33. The Morgan fingerprint density at radius 2 is 2.00 bits per heavy atom. The zero-order valence-corrected chi connectivity index (χ0v) is 19.0. The predicted molar refractivity (Wildman–Crippen MR) is 124 cm³/mol. The number of carbonyl (C=O) groups is 2. The summed E-state index contributed by atoms with van der Waals surface area (Å²) in [5.41, 5.74) is 5.14. The van der Waals surface area contributed by atoms with Gasteiger partial charge in [-0.3, -0.25) is 4.79 Å². The minimum absolute atomic E-state index is 0.173. The van der Waals surface area contributed by atoms with Crippen LogP contribution in [0.25, 0.3) is 0 Å². The van der Waals surface area contributed by atoms with Crippen LogP contribution in [0.4, 0.5) is 10.5 Å². The number of hydrogen-bond acceptors (Lipinski definition) is 6. The minimum atomic E-state index is -1.16. The molecule has 0 saturated carbocycles. The van der Waals surface area contributed by atoms with E-state index in [1.54, 1.807) is 0 Å². The number of nitrogens with one attached hydrogen (secondary N) is 2. The third kappa shape index (κ3) is 5.10. The molecule has 0 aliphatic carbocycles. The Morgan fingerprint density at radius 3 is 2.76 bits per heavy atom. The number of fused-ring (bicyclic) bond motifs is 2. The lowest BCUT2D eigenvalue weighted by atomic mass is 9.86. The molecule has 0 radical (unpaired) electrons. The van der Waals surface area contributed by atoms with Crippen LogP contribution < -0.4 is 10.6 Å². The van der Waals surface area contributed by atoms with E-state index in [4.69, 9.17) is 4.99 Å².